The Kier molecular flexibility index (Phi) is 4.36. The van der Waals surface area contributed by atoms with Gasteiger partial charge in [0, 0.05) is 12.0 Å². The third kappa shape index (κ3) is 3.16. The van der Waals surface area contributed by atoms with Crippen molar-refractivity contribution in [3.05, 3.63) is 46.8 Å². The molecule has 0 spiro atoms. The monoisotopic (exact) mass is 352 g/mol. The lowest BCUT2D eigenvalue weighted by atomic mass is 9.94. The zero-order valence-electron chi connectivity index (χ0n) is 13.4. The lowest BCUT2D eigenvalue weighted by Gasteiger charge is -2.14. The minimum atomic E-state index is -4.65. The molecule has 1 aliphatic rings. The van der Waals surface area contributed by atoms with Crippen LogP contribution >= 0.6 is 0 Å². The molecule has 0 amide bonds. The highest BCUT2D eigenvalue weighted by atomic mass is 19.4. The maximum atomic E-state index is 13.3. The standard InChI is InChI=1S/C17H15F3N2O3/c1-2-25-16(24)10-5-3-6-11(9-10)22-14-12(7-4-8-13(14)23)15(21-22)17(18,19)20/h3,5-6,9H,2,4,7-8H2,1H3. The zero-order chi connectivity index (χ0) is 18.2. The van der Waals surface area contributed by atoms with Gasteiger partial charge in [-0.3, -0.25) is 4.79 Å². The molecule has 25 heavy (non-hydrogen) atoms. The molecule has 1 aromatic carbocycles. The lowest BCUT2D eigenvalue weighted by Crippen LogP contribution is -2.16. The van der Waals surface area contributed by atoms with Crippen LogP contribution in [0, 0.1) is 0 Å². The van der Waals surface area contributed by atoms with Crippen molar-refractivity contribution in [2.75, 3.05) is 6.61 Å². The fourth-order valence-corrected chi connectivity index (χ4v) is 2.91. The van der Waals surface area contributed by atoms with Crippen molar-refractivity contribution < 1.29 is 27.5 Å². The summed E-state index contributed by atoms with van der Waals surface area (Å²) in [6.45, 7) is 1.83. The van der Waals surface area contributed by atoms with Gasteiger partial charge in [-0.2, -0.15) is 18.3 Å². The third-order valence-electron chi connectivity index (χ3n) is 3.95. The number of hydrogen-bond acceptors (Lipinski definition) is 4. The molecule has 1 aromatic heterocycles. The lowest BCUT2D eigenvalue weighted by molar-refractivity contribution is -0.142. The second-order valence-corrected chi connectivity index (χ2v) is 5.63. The summed E-state index contributed by atoms with van der Waals surface area (Å²) in [4.78, 5) is 24.1. The predicted octanol–water partition coefficient (Wildman–Crippen LogP) is 3.59. The van der Waals surface area contributed by atoms with E-state index in [1.165, 1.54) is 24.3 Å². The zero-order valence-corrected chi connectivity index (χ0v) is 13.4. The van der Waals surface area contributed by atoms with E-state index >= 15 is 0 Å². The molecule has 1 heterocycles. The Morgan fingerprint density at radius 3 is 2.76 bits per heavy atom. The predicted molar refractivity (Wildman–Crippen MR) is 81.8 cm³/mol. The second-order valence-electron chi connectivity index (χ2n) is 5.63. The average Bonchev–Trinajstić information content (AvgIpc) is 2.96. The van der Waals surface area contributed by atoms with E-state index in [1.807, 2.05) is 0 Å². The van der Waals surface area contributed by atoms with Gasteiger partial charge in [-0.15, -0.1) is 0 Å². The van der Waals surface area contributed by atoms with Crippen molar-refractivity contribution >= 4 is 11.8 Å². The molecule has 0 fully saturated rings. The molecule has 1 aliphatic carbocycles. The van der Waals surface area contributed by atoms with E-state index in [1.54, 1.807) is 6.92 Å². The number of carbonyl (C=O) groups is 2. The Morgan fingerprint density at radius 1 is 1.32 bits per heavy atom. The maximum Gasteiger partial charge on any atom is 0.435 e. The van der Waals surface area contributed by atoms with Crippen molar-refractivity contribution in [2.45, 2.75) is 32.4 Å². The van der Waals surface area contributed by atoms with Gasteiger partial charge in [-0.05, 0) is 38.0 Å². The van der Waals surface area contributed by atoms with Gasteiger partial charge in [0.05, 0.1) is 17.9 Å². The molecule has 0 unspecified atom stereocenters. The quantitative estimate of drug-likeness (QED) is 0.792. The van der Waals surface area contributed by atoms with Gasteiger partial charge in [-0.25, -0.2) is 9.48 Å². The van der Waals surface area contributed by atoms with Crippen molar-refractivity contribution in [2.24, 2.45) is 0 Å². The van der Waals surface area contributed by atoms with E-state index in [2.05, 4.69) is 5.10 Å². The number of rotatable bonds is 3. The van der Waals surface area contributed by atoms with E-state index in [0.717, 1.165) is 4.68 Å². The topological polar surface area (TPSA) is 61.2 Å². The summed E-state index contributed by atoms with van der Waals surface area (Å²) in [5.41, 5.74) is -0.782. The number of fused-ring (bicyclic) bond motifs is 1. The van der Waals surface area contributed by atoms with Crippen LogP contribution in [0.4, 0.5) is 13.2 Å². The first-order valence-electron chi connectivity index (χ1n) is 7.82. The van der Waals surface area contributed by atoms with Crippen LogP contribution in [0.25, 0.3) is 5.69 Å². The molecule has 3 rings (SSSR count). The van der Waals surface area contributed by atoms with Crippen LogP contribution in [0.2, 0.25) is 0 Å². The maximum absolute atomic E-state index is 13.3. The van der Waals surface area contributed by atoms with Gasteiger partial charge in [0.15, 0.2) is 11.5 Å². The average molecular weight is 352 g/mol. The second kappa shape index (κ2) is 6.34. The summed E-state index contributed by atoms with van der Waals surface area (Å²) < 4.78 is 45.7. The molecular weight excluding hydrogens is 337 g/mol. The first kappa shape index (κ1) is 17.2. The number of carbonyl (C=O) groups excluding carboxylic acids is 2. The molecule has 8 heteroatoms. The van der Waals surface area contributed by atoms with E-state index in [0.29, 0.717) is 6.42 Å². The summed E-state index contributed by atoms with van der Waals surface area (Å²) in [6.07, 6.45) is -3.96. The molecule has 0 bridgehead atoms. The van der Waals surface area contributed by atoms with Crippen molar-refractivity contribution in [3.63, 3.8) is 0 Å². The van der Waals surface area contributed by atoms with Crippen LogP contribution in [-0.4, -0.2) is 28.1 Å². The fraction of sp³-hybridized carbons (Fsp3) is 0.353. The summed E-state index contributed by atoms with van der Waals surface area (Å²) in [6, 6.07) is 5.87. The third-order valence-corrected chi connectivity index (χ3v) is 3.95. The Bertz CT molecular complexity index is 840. The van der Waals surface area contributed by atoms with Crippen molar-refractivity contribution in [1.82, 2.24) is 9.78 Å². The van der Waals surface area contributed by atoms with Crippen LogP contribution in [-0.2, 0) is 17.3 Å². The number of Topliss-reactive ketones (excluding diaryl/α,β-unsaturated/α-hetero) is 1. The molecule has 0 N–H and O–H groups in total. The minimum Gasteiger partial charge on any atom is -0.462 e. The van der Waals surface area contributed by atoms with Crippen molar-refractivity contribution in [1.29, 1.82) is 0 Å². The van der Waals surface area contributed by atoms with Crippen molar-refractivity contribution in [3.8, 4) is 5.69 Å². The van der Waals surface area contributed by atoms with Crippen LogP contribution in [0.5, 0.6) is 0 Å². The van der Waals surface area contributed by atoms with Gasteiger partial charge >= 0.3 is 12.1 Å². The number of esters is 1. The molecule has 0 saturated carbocycles. The first-order valence-corrected chi connectivity index (χ1v) is 7.82. The van der Waals surface area contributed by atoms with Crippen LogP contribution < -0.4 is 0 Å². The highest BCUT2D eigenvalue weighted by Crippen LogP contribution is 2.36. The smallest absolute Gasteiger partial charge is 0.435 e. The molecular formula is C17H15F3N2O3. The molecule has 0 atom stereocenters. The number of aromatic nitrogens is 2. The molecule has 5 nitrogen and oxygen atoms in total. The molecule has 0 saturated heterocycles. The van der Waals surface area contributed by atoms with E-state index in [-0.39, 0.29) is 47.7 Å². The van der Waals surface area contributed by atoms with Crippen LogP contribution in [0.1, 0.15) is 51.9 Å². The van der Waals surface area contributed by atoms with E-state index in [9.17, 15) is 22.8 Å². The Hall–Kier alpha value is -2.64. The van der Waals surface area contributed by atoms with Gasteiger partial charge in [0.25, 0.3) is 0 Å². The Labute approximate surface area is 141 Å². The number of ketones is 1. The molecule has 2 aromatic rings. The minimum absolute atomic E-state index is 0.0559. The number of hydrogen-bond donors (Lipinski definition) is 0. The number of alkyl halides is 3. The summed E-state index contributed by atoms with van der Waals surface area (Å²) >= 11 is 0. The fourth-order valence-electron chi connectivity index (χ4n) is 2.91. The Balaban J connectivity index is 2.15. The van der Waals surface area contributed by atoms with Gasteiger partial charge in [0.2, 0.25) is 0 Å². The van der Waals surface area contributed by atoms with E-state index in [4.69, 9.17) is 4.74 Å². The number of halogens is 3. The van der Waals surface area contributed by atoms with Gasteiger partial charge in [-0.1, -0.05) is 6.07 Å². The first-order chi connectivity index (χ1) is 11.8. The SMILES string of the molecule is CCOC(=O)c1cccc(-n2nc(C(F)(F)F)c3c2C(=O)CCC3)c1. The molecule has 132 valence electrons. The number of ether oxygens (including phenoxy) is 1. The summed E-state index contributed by atoms with van der Waals surface area (Å²) in [5.74, 6) is -0.974. The van der Waals surface area contributed by atoms with Gasteiger partial charge < -0.3 is 4.74 Å². The normalized spacial score (nSPS) is 14.3. The van der Waals surface area contributed by atoms with E-state index < -0.39 is 17.8 Å². The summed E-state index contributed by atoms with van der Waals surface area (Å²) in [5, 5.41) is 3.65. The molecule has 0 aliphatic heterocycles. The largest absolute Gasteiger partial charge is 0.462 e. The molecule has 0 radical (unpaired) electrons. The number of nitrogens with zero attached hydrogens (tertiary/aromatic N) is 2. The van der Waals surface area contributed by atoms with Gasteiger partial charge in [0.1, 0.15) is 5.69 Å². The summed E-state index contributed by atoms with van der Waals surface area (Å²) in [7, 11) is 0. The highest BCUT2D eigenvalue weighted by molar-refractivity contribution is 5.98. The van der Waals surface area contributed by atoms with Crippen LogP contribution in [0.3, 0.4) is 0 Å². The van der Waals surface area contributed by atoms with Crippen LogP contribution in [0.15, 0.2) is 24.3 Å². The Morgan fingerprint density at radius 2 is 2.08 bits per heavy atom. The highest BCUT2D eigenvalue weighted by Gasteiger charge is 2.41. The number of benzene rings is 1.